The van der Waals surface area contributed by atoms with Gasteiger partial charge in [-0.3, -0.25) is 9.59 Å². The number of alkyl carbamates (subject to hydrolysis) is 1. The average molecular weight is 649 g/mol. The van der Waals surface area contributed by atoms with Gasteiger partial charge in [-0.1, -0.05) is 60.7 Å². The van der Waals surface area contributed by atoms with Crippen molar-refractivity contribution in [3.63, 3.8) is 0 Å². The van der Waals surface area contributed by atoms with E-state index in [9.17, 15) is 14.4 Å². The number of nitrogens with one attached hydrogen (secondary N) is 3. The number of carbonyl (C=O) groups is 3. The van der Waals surface area contributed by atoms with Crippen molar-refractivity contribution in [1.82, 2.24) is 30.1 Å². The van der Waals surface area contributed by atoms with Crippen molar-refractivity contribution in [2.75, 3.05) is 13.1 Å². The van der Waals surface area contributed by atoms with Gasteiger partial charge in [-0.05, 0) is 71.2 Å². The predicted octanol–water partition coefficient (Wildman–Crippen LogP) is 6.38. The molecule has 3 heterocycles. The fourth-order valence-corrected chi connectivity index (χ4v) is 6.44. The Bertz CT molecular complexity index is 1930. The van der Waals surface area contributed by atoms with E-state index in [-0.39, 0.29) is 11.9 Å². The summed E-state index contributed by atoms with van der Waals surface area (Å²) >= 11 is 0. The number of imidazole rings is 1. The third-order valence-corrected chi connectivity index (χ3v) is 8.85. The van der Waals surface area contributed by atoms with Gasteiger partial charge in [0.1, 0.15) is 23.0 Å². The van der Waals surface area contributed by atoms with E-state index in [0.29, 0.717) is 19.5 Å². The fourth-order valence-electron chi connectivity index (χ4n) is 6.44. The molecule has 1 atom stereocenters. The normalized spacial score (nSPS) is 15.0. The standard InChI is InChI=1S/C38H44N6O4/c1-37(2,3)48-36(47)42-38(4,5)35(46)41-31(23-26-24-39-29-16-10-9-15-28(26)29)34(45)43-21-19-27(20-22-43)44-32-18-12-11-17-30(32)40-33(44)25-13-7-6-8-14-25/h6-18,24,27,31,39H,19-23H2,1-5H3,(H,41,46)(H,42,47). The molecule has 2 aromatic heterocycles. The number of fused-ring (bicyclic) bond motifs is 2. The highest BCUT2D eigenvalue weighted by Gasteiger charge is 2.37. The summed E-state index contributed by atoms with van der Waals surface area (Å²) in [6.45, 7) is 9.55. The lowest BCUT2D eigenvalue weighted by Crippen LogP contribution is -2.60. The van der Waals surface area contributed by atoms with Crippen LogP contribution in [0.4, 0.5) is 4.79 Å². The maximum Gasteiger partial charge on any atom is 0.408 e. The number of hydrogen-bond donors (Lipinski definition) is 3. The number of benzene rings is 3. The molecule has 0 bridgehead atoms. The molecule has 3 aromatic carbocycles. The molecule has 250 valence electrons. The number of rotatable bonds is 8. The van der Waals surface area contributed by atoms with Gasteiger partial charge in [-0.2, -0.15) is 0 Å². The molecule has 10 heteroatoms. The SMILES string of the molecule is CC(C)(C)OC(=O)NC(C)(C)C(=O)NC(Cc1c[nH]c2ccccc12)C(=O)N1CCC(n2c(-c3ccccc3)nc3ccccc32)CC1. The lowest BCUT2D eigenvalue weighted by molar-refractivity contribution is -0.138. The van der Waals surface area contributed by atoms with Gasteiger partial charge < -0.3 is 29.8 Å². The maximum absolute atomic E-state index is 14.3. The quantitative estimate of drug-likeness (QED) is 0.180. The number of para-hydroxylation sites is 3. The minimum Gasteiger partial charge on any atom is -0.444 e. The molecule has 1 saturated heterocycles. The smallest absolute Gasteiger partial charge is 0.408 e. The van der Waals surface area contributed by atoms with E-state index in [4.69, 9.17) is 9.72 Å². The van der Waals surface area contributed by atoms with E-state index in [2.05, 4.69) is 38.4 Å². The Morgan fingerprint density at radius 2 is 1.58 bits per heavy atom. The summed E-state index contributed by atoms with van der Waals surface area (Å²) < 4.78 is 7.71. The number of piperidine rings is 1. The van der Waals surface area contributed by atoms with E-state index >= 15 is 0 Å². The number of ether oxygens (including phenoxy) is 1. The van der Waals surface area contributed by atoms with Crippen LogP contribution >= 0.6 is 0 Å². The second kappa shape index (κ2) is 13.2. The molecule has 3 amide bonds. The molecule has 1 fully saturated rings. The van der Waals surface area contributed by atoms with Gasteiger partial charge in [0.25, 0.3) is 0 Å². The molecule has 3 N–H and O–H groups in total. The van der Waals surface area contributed by atoms with Crippen LogP contribution in [-0.2, 0) is 20.7 Å². The highest BCUT2D eigenvalue weighted by molar-refractivity contribution is 5.94. The van der Waals surface area contributed by atoms with Crippen LogP contribution in [0.2, 0.25) is 0 Å². The molecule has 6 rings (SSSR count). The van der Waals surface area contributed by atoms with E-state index in [1.54, 1.807) is 34.6 Å². The summed E-state index contributed by atoms with van der Waals surface area (Å²) in [5, 5.41) is 6.65. The number of H-pyrrole nitrogens is 1. The monoisotopic (exact) mass is 648 g/mol. The van der Waals surface area contributed by atoms with E-state index in [0.717, 1.165) is 51.7 Å². The van der Waals surface area contributed by atoms with Crippen molar-refractivity contribution < 1.29 is 19.1 Å². The van der Waals surface area contributed by atoms with Crippen molar-refractivity contribution in [3.8, 4) is 11.4 Å². The minimum absolute atomic E-state index is 0.148. The predicted molar refractivity (Wildman–Crippen MR) is 187 cm³/mol. The van der Waals surface area contributed by atoms with Crippen LogP contribution in [0.1, 0.15) is 59.1 Å². The van der Waals surface area contributed by atoms with E-state index < -0.39 is 29.2 Å². The first-order chi connectivity index (χ1) is 22.9. The Balaban J connectivity index is 1.22. The molecule has 0 saturated carbocycles. The number of likely N-dealkylation sites (tertiary alicyclic amines) is 1. The molecule has 1 unspecified atom stereocenters. The second-order valence-electron chi connectivity index (χ2n) is 14.1. The van der Waals surface area contributed by atoms with Crippen LogP contribution in [0.25, 0.3) is 33.3 Å². The summed E-state index contributed by atoms with van der Waals surface area (Å²) in [4.78, 5) is 50.7. The lowest BCUT2D eigenvalue weighted by atomic mass is 9.98. The molecule has 0 aliphatic carbocycles. The van der Waals surface area contributed by atoms with E-state index in [1.165, 1.54) is 0 Å². The second-order valence-corrected chi connectivity index (χ2v) is 14.1. The van der Waals surface area contributed by atoms with Gasteiger partial charge in [0.15, 0.2) is 0 Å². The topological polar surface area (TPSA) is 121 Å². The van der Waals surface area contributed by atoms with Crippen LogP contribution in [0.3, 0.4) is 0 Å². The number of carbonyl (C=O) groups excluding carboxylic acids is 3. The molecule has 48 heavy (non-hydrogen) atoms. The first kappa shape index (κ1) is 32.8. The van der Waals surface area contributed by atoms with Gasteiger partial charge >= 0.3 is 6.09 Å². The Kier molecular flexibility index (Phi) is 9.01. The Morgan fingerprint density at radius 3 is 2.31 bits per heavy atom. The van der Waals surface area contributed by atoms with Crippen molar-refractivity contribution in [2.24, 2.45) is 0 Å². The Hall–Kier alpha value is -5.12. The summed E-state index contributed by atoms with van der Waals surface area (Å²) in [5.74, 6) is 0.295. The number of aromatic nitrogens is 3. The number of aromatic amines is 1. The zero-order chi connectivity index (χ0) is 34.1. The molecular formula is C38H44N6O4. The molecule has 0 spiro atoms. The van der Waals surface area contributed by atoms with Gasteiger partial charge in [0.05, 0.1) is 11.0 Å². The number of hydrogen-bond acceptors (Lipinski definition) is 5. The lowest BCUT2D eigenvalue weighted by Gasteiger charge is -2.36. The highest BCUT2D eigenvalue weighted by atomic mass is 16.6. The molecular weight excluding hydrogens is 604 g/mol. The number of nitrogens with zero attached hydrogens (tertiary/aromatic N) is 3. The molecule has 0 radical (unpaired) electrons. The molecule has 1 aliphatic heterocycles. The molecule has 5 aromatic rings. The van der Waals surface area contributed by atoms with Crippen LogP contribution in [-0.4, -0.2) is 67.6 Å². The first-order valence-corrected chi connectivity index (χ1v) is 16.6. The van der Waals surface area contributed by atoms with Crippen LogP contribution in [0.15, 0.2) is 85.1 Å². The number of amides is 3. The molecule has 1 aliphatic rings. The van der Waals surface area contributed by atoms with Gasteiger partial charge in [0.2, 0.25) is 11.8 Å². The third-order valence-electron chi connectivity index (χ3n) is 8.85. The largest absolute Gasteiger partial charge is 0.444 e. The average Bonchev–Trinajstić information content (AvgIpc) is 3.65. The zero-order valence-corrected chi connectivity index (χ0v) is 28.2. The van der Waals surface area contributed by atoms with Crippen LogP contribution in [0, 0.1) is 0 Å². The Labute approximate surface area is 280 Å². The Morgan fingerprint density at radius 1 is 0.917 bits per heavy atom. The first-order valence-electron chi connectivity index (χ1n) is 16.6. The third kappa shape index (κ3) is 7.07. The van der Waals surface area contributed by atoms with Gasteiger partial charge in [-0.25, -0.2) is 9.78 Å². The van der Waals surface area contributed by atoms with Crippen molar-refractivity contribution in [2.45, 2.75) is 77.1 Å². The van der Waals surface area contributed by atoms with Gasteiger partial charge in [-0.15, -0.1) is 0 Å². The zero-order valence-electron chi connectivity index (χ0n) is 28.2. The summed E-state index contributed by atoms with van der Waals surface area (Å²) in [5.41, 5.74) is 2.90. The summed E-state index contributed by atoms with van der Waals surface area (Å²) in [7, 11) is 0. The fraction of sp³-hybridized carbons (Fsp3) is 0.368. The van der Waals surface area contributed by atoms with Gasteiger partial charge in [0, 0.05) is 48.2 Å². The summed E-state index contributed by atoms with van der Waals surface area (Å²) in [6.07, 6.45) is 2.96. The van der Waals surface area contributed by atoms with Crippen molar-refractivity contribution >= 4 is 39.8 Å². The molecule has 10 nitrogen and oxygen atoms in total. The van der Waals surface area contributed by atoms with Crippen LogP contribution in [0.5, 0.6) is 0 Å². The maximum atomic E-state index is 14.3. The van der Waals surface area contributed by atoms with Crippen molar-refractivity contribution in [1.29, 1.82) is 0 Å². The minimum atomic E-state index is -1.33. The van der Waals surface area contributed by atoms with E-state index in [1.807, 2.05) is 71.8 Å². The highest BCUT2D eigenvalue weighted by Crippen LogP contribution is 2.33. The van der Waals surface area contributed by atoms with Crippen molar-refractivity contribution in [3.05, 3.63) is 90.6 Å². The van der Waals surface area contributed by atoms with Crippen LogP contribution < -0.4 is 10.6 Å². The summed E-state index contributed by atoms with van der Waals surface area (Å²) in [6, 6.07) is 25.6.